The first-order valence-electron chi connectivity index (χ1n) is 10.9. The van der Waals surface area contributed by atoms with Gasteiger partial charge in [0.05, 0.1) is 12.2 Å². The average molecular weight is 555 g/mol. The number of likely N-dealkylation sites (N-methyl/N-ethyl adjacent to an activating group) is 1. The second-order valence-corrected chi connectivity index (χ2v) is 8.05. The maximum absolute atomic E-state index is 14.7. The van der Waals surface area contributed by atoms with Crippen LogP contribution in [0.3, 0.4) is 0 Å². The highest BCUT2D eigenvalue weighted by molar-refractivity contribution is 6.30. The van der Waals surface area contributed by atoms with Crippen molar-refractivity contribution >= 4 is 41.1 Å². The van der Waals surface area contributed by atoms with Gasteiger partial charge in [-0.3, -0.25) is 14.5 Å². The minimum Gasteiger partial charge on any atom is -0.460 e. The smallest absolute Gasteiger partial charge is 0.417 e. The van der Waals surface area contributed by atoms with E-state index >= 15 is 0 Å². The van der Waals surface area contributed by atoms with Crippen molar-refractivity contribution in [1.29, 1.82) is 0 Å². The van der Waals surface area contributed by atoms with Crippen LogP contribution in [0.15, 0.2) is 36.5 Å². The first-order chi connectivity index (χ1) is 18.0. The zero-order valence-corrected chi connectivity index (χ0v) is 21.1. The summed E-state index contributed by atoms with van der Waals surface area (Å²) < 4.78 is 52.8. The molecule has 0 radical (unpaired) electrons. The lowest BCUT2D eigenvalue weighted by molar-refractivity contribution is -0.143. The summed E-state index contributed by atoms with van der Waals surface area (Å²) in [5.74, 6) is -4.76. The van der Waals surface area contributed by atoms with Crippen LogP contribution in [0.4, 0.5) is 29.5 Å². The second-order valence-electron chi connectivity index (χ2n) is 7.70. The average Bonchev–Trinajstić information content (AvgIpc) is 3.18. The molecule has 0 saturated carbocycles. The van der Waals surface area contributed by atoms with Crippen LogP contribution in [0.5, 0.6) is 0 Å². The lowest BCUT2D eigenvalue weighted by Crippen LogP contribution is -2.31. The van der Waals surface area contributed by atoms with E-state index in [1.54, 1.807) is 19.2 Å². The van der Waals surface area contributed by atoms with E-state index in [4.69, 9.17) is 21.1 Å². The van der Waals surface area contributed by atoms with Crippen molar-refractivity contribution in [3.8, 4) is 0 Å². The zero-order valence-electron chi connectivity index (χ0n) is 20.3. The fourth-order valence-corrected chi connectivity index (χ4v) is 3.38. The van der Waals surface area contributed by atoms with Crippen LogP contribution in [0.25, 0.3) is 0 Å². The Kier molecular flexibility index (Phi) is 9.25. The van der Waals surface area contributed by atoms with Gasteiger partial charge in [-0.05, 0) is 32.2 Å². The highest BCUT2D eigenvalue weighted by Crippen LogP contribution is 2.25. The Bertz CT molecular complexity index is 1360. The van der Waals surface area contributed by atoms with Crippen molar-refractivity contribution in [3.05, 3.63) is 70.4 Å². The molecule has 38 heavy (non-hydrogen) atoms. The monoisotopic (exact) mass is 554 g/mol. The standard InChI is InChI=1S/C23H22ClF3N6O5/c1-12(38-23(36)32(3)21-13(5-4-8-29-21)11-37-17(34)10-28-2)33-20(24)18(27)19(31-33)22(35)30-16-7-6-14(25)9-15(16)26/h4-9,12,28H,10-11H2,1-3H3,(H,30,35). The highest BCUT2D eigenvalue weighted by atomic mass is 35.5. The largest absolute Gasteiger partial charge is 0.460 e. The molecule has 1 atom stereocenters. The lowest BCUT2D eigenvalue weighted by Gasteiger charge is -2.22. The number of amides is 2. The number of hydrogen-bond donors (Lipinski definition) is 2. The summed E-state index contributed by atoms with van der Waals surface area (Å²) in [6.07, 6.45) is -0.849. The van der Waals surface area contributed by atoms with Crippen molar-refractivity contribution in [2.75, 3.05) is 30.9 Å². The number of carbonyl (C=O) groups excluding carboxylic acids is 3. The van der Waals surface area contributed by atoms with Crippen molar-refractivity contribution in [2.24, 2.45) is 0 Å². The van der Waals surface area contributed by atoms with Crippen LogP contribution in [0.1, 0.15) is 29.2 Å². The van der Waals surface area contributed by atoms with Crippen molar-refractivity contribution in [2.45, 2.75) is 19.8 Å². The van der Waals surface area contributed by atoms with Crippen LogP contribution in [-0.2, 0) is 20.9 Å². The summed E-state index contributed by atoms with van der Waals surface area (Å²) in [5, 5.41) is 7.81. The molecule has 0 aliphatic heterocycles. The third-order valence-electron chi connectivity index (χ3n) is 4.98. The third-order valence-corrected chi connectivity index (χ3v) is 5.32. The van der Waals surface area contributed by atoms with Gasteiger partial charge in [0.25, 0.3) is 5.91 Å². The van der Waals surface area contributed by atoms with E-state index in [0.717, 1.165) is 21.7 Å². The van der Waals surface area contributed by atoms with Gasteiger partial charge in [-0.25, -0.2) is 27.6 Å². The van der Waals surface area contributed by atoms with Gasteiger partial charge in [-0.15, -0.1) is 0 Å². The number of benzene rings is 1. The Morgan fingerprint density at radius 2 is 1.95 bits per heavy atom. The normalized spacial score (nSPS) is 11.6. The number of pyridine rings is 1. The van der Waals surface area contributed by atoms with E-state index in [-0.39, 0.29) is 19.0 Å². The van der Waals surface area contributed by atoms with Gasteiger partial charge in [0.1, 0.15) is 24.1 Å². The molecule has 2 heterocycles. The van der Waals surface area contributed by atoms with E-state index in [2.05, 4.69) is 20.7 Å². The number of halogens is 4. The summed E-state index contributed by atoms with van der Waals surface area (Å²) in [5.41, 5.74) is -0.824. The van der Waals surface area contributed by atoms with Crippen LogP contribution >= 0.6 is 11.6 Å². The molecule has 0 spiro atoms. The molecule has 0 aliphatic carbocycles. The van der Waals surface area contributed by atoms with E-state index in [1.165, 1.54) is 20.2 Å². The lowest BCUT2D eigenvalue weighted by atomic mass is 10.2. The van der Waals surface area contributed by atoms with Gasteiger partial charge in [0.15, 0.2) is 22.9 Å². The van der Waals surface area contributed by atoms with Gasteiger partial charge in [-0.2, -0.15) is 5.10 Å². The number of ether oxygens (including phenoxy) is 2. The number of esters is 1. The number of hydrogen-bond acceptors (Lipinski definition) is 8. The Labute approximate surface area is 219 Å². The Morgan fingerprint density at radius 1 is 1.21 bits per heavy atom. The van der Waals surface area contributed by atoms with Crippen molar-refractivity contribution in [3.63, 3.8) is 0 Å². The minimum atomic E-state index is -1.31. The number of nitrogens with one attached hydrogen (secondary N) is 2. The predicted molar refractivity (Wildman–Crippen MR) is 129 cm³/mol. The molecular weight excluding hydrogens is 533 g/mol. The molecular formula is C23H22ClF3N6O5. The number of carbonyl (C=O) groups is 3. The molecule has 11 nitrogen and oxygen atoms in total. The fraction of sp³-hybridized carbons (Fsp3) is 0.261. The summed E-state index contributed by atoms with van der Waals surface area (Å²) in [4.78, 5) is 42.0. The molecule has 202 valence electrons. The molecule has 0 saturated heterocycles. The second kappa shape index (κ2) is 12.4. The van der Waals surface area contributed by atoms with Crippen LogP contribution in [0, 0.1) is 17.5 Å². The van der Waals surface area contributed by atoms with Gasteiger partial charge < -0.3 is 20.1 Å². The molecule has 1 aromatic carbocycles. The van der Waals surface area contributed by atoms with Crippen LogP contribution in [0.2, 0.25) is 5.15 Å². The molecule has 0 fully saturated rings. The number of aromatic nitrogens is 3. The van der Waals surface area contributed by atoms with E-state index < -0.39 is 58.2 Å². The van der Waals surface area contributed by atoms with E-state index in [1.807, 2.05) is 0 Å². The summed E-state index contributed by atoms with van der Waals surface area (Å²) in [6.45, 7) is 1.13. The topological polar surface area (TPSA) is 128 Å². The number of anilines is 2. The van der Waals surface area contributed by atoms with Gasteiger partial charge in [0, 0.05) is 24.9 Å². The molecule has 2 amide bonds. The summed E-state index contributed by atoms with van der Waals surface area (Å²) in [7, 11) is 2.93. The Balaban J connectivity index is 1.73. The molecule has 2 aromatic heterocycles. The molecule has 3 aromatic rings. The molecule has 0 aliphatic rings. The number of rotatable bonds is 9. The van der Waals surface area contributed by atoms with Gasteiger partial charge in [0.2, 0.25) is 0 Å². The van der Waals surface area contributed by atoms with E-state index in [9.17, 15) is 27.6 Å². The zero-order chi connectivity index (χ0) is 28.0. The maximum atomic E-state index is 14.7. The third kappa shape index (κ3) is 6.58. The maximum Gasteiger partial charge on any atom is 0.417 e. The minimum absolute atomic E-state index is 0.00890. The first kappa shape index (κ1) is 28.4. The van der Waals surface area contributed by atoms with Crippen molar-refractivity contribution in [1.82, 2.24) is 20.1 Å². The Morgan fingerprint density at radius 3 is 2.63 bits per heavy atom. The van der Waals surface area contributed by atoms with Crippen LogP contribution < -0.4 is 15.5 Å². The predicted octanol–water partition coefficient (Wildman–Crippen LogP) is 3.66. The summed E-state index contributed by atoms with van der Waals surface area (Å²) >= 11 is 5.96. The quantitative estimate of drug-likeness (QED) is 0.384. The first-order valence-corrected chi connectivity index (χ1v) is 11.3. The molecule has 3 rings (SSSR count). The number of nitrogens with zero attached hydrogens (tertiary/aromatic N) is 4. The highest BCUT2D eigenvalue weighted by Gasteiger charge is 2.28. The van der Waals surface area contributed by atoms with Gasteiger partial charge >= 0.3 is 12.1 Å². The van der Waals surface area contributed by atoms with Gasteiger partial charge in [-0.1, -0.05) is 17.7 Å². The molecule has 15 heteroatoms. The molecule has 2 N–H and O–H groups in total. The fourth-order valence-electron chi connectivity index (χ4n) is 3.11. The Hall–Kier alpha value is -4.17. The van der Waals surface area contributed by atoms with Crippen molar-refractivity contribution < 1.29 is 37.0 Å². The summed E-state index contributed by atoms with van der Waals surface area (Å²) in [6, 6.07) is 5.57. The SMILES string of the molecule is CNCC(=O)OCc1cccnc1N(C)C(=O)OC(C)n1nc(C(=O)Nc2ccc(F)cc2F)c(F)c1Cl. The molecule has 1 unspecified atom stereocenters. The molecule has 0 bridgehead atoms. The van der Waals surface area contributed by atoms with E-state index in [0.29, 0.717) is 11.6 Å². The van der Waals surface area contributed by atoms with Crippen LogP contribution in [-0.4, -0.2) is 53.4 Å².